The molecular weight excluding hydrogens is 268 g/mol. The summed E-state index contributed by atoms with van der Waals surface area (Å²) in [7, 11) is 1.61. The highest BCUT2D eigenvalue weighted by atomic mass is 16.6. The number of carbonyl (C=O) groups is 1. The van der Waals surface area contributed by atoms with Gasteiger partial charge in [0, 0.05) is 13.0 Å². The number of hydrogen-bond acceptors (Lipinski definition) is 4. The minimum Gasteiger partial charge on any atom is -0.373 e. The number of hydrogen-bond donors (Lipinski definition) is 0. The predicted molar refractivity (Wildman–Crippen MR) is 81.2 cm³/mol. The van der Waals surface area contributed by atoms with Crippen LogP contribution in [0.1, 0.15) is 41.0 Å². The Labute approximate surface area is 127 Å². The first kappa shape index (κ1) is 16.7. The zero-order valence-electron chi connectivity index (χ0n) is 14.1. The quantitative estimate of drug-likeness (QED) is 0.578. The molecule has 0 N–H and O–H groups in total. The van der Waals surface area contributed by atoms with Crippen molar-refractivity contribution in [3.05, 3.63) is 11.6 Å². The average molecular weight is 296 g/mol. The summed E-state index contributed by atoms with van der Waals surface area (Å²) in [5, 5.41) is 0. The molecule has 2 fully saturated rings. The summed E-state index contributed by atoms with van der Waals surface area (Å²) in [6.07, 6.45) is 2.38. The van der Waals surface area contributed by atoms with Gasteiger partial charge < -0.3 is 14.2 Å². The van der Waals surface area contributed by atoms with Crippen molar-refractivity contribution in [2.45, 2.75) is 58.3 Å². The van der Waals surface area contributed by atoms with Crippen LogP contribution in [-0.4, -0.2) is 43.4 Å². The molecule has 0 aromatic carbocycles. The number of ether oxygens (including phenoxy) is 3. The third kappa shape index (κ3) is 3.22. The largest absolute Gasteiger partial charge is 0.373 e. The van der Waals surface area contributed by atoms with Crippen molar-refractivity contribution in [1.29, 1.82) is 0 Å². The summed E-state index contributed by atoms with van der Waals surface area (Å²) >= 11 is 0. The molecule has 4 heteroatoms. The predicted octanol–water partition coefficient (Wildman–Crippen LogP) is 2.76. The van der Waals surface area contributed by atoms with Gasteiger partial charge in [0.05, 0.1) is 24.7 Å². The van der Waals surface area contributed by atoms with E-state index in [0.717, 1.165) is 6.42 Å². The van der Waals surface area contributed by atoms with E-state index in [0.29, 0.717) is 13.2 Å². The van der Waals surface area contributed by atoms with E-state index in [1.165, 1.54) is 5.57 Å². The van der Waals surface area contributed by atoms with E-state index < -0.39 is 11.7 Å². The molecule has 1 spiro atoms. The molecule has 0 radical (unpaired) electrons. The van der Waals surface area contributed by atoms with Crippen LogP contribution in [0.3, 0.4) is 0 Å². The van der Waals surface area contributed by atoms with Gasteiger partial charge in [0.15, 0.2) is 5.78 Å². The van der Waals surface area contributed by atoms with Gasteiger partial charge in [-0.25, -0.2) is 0 Å². The van der Waals surface area contributed by atoms with Crippen LogP contribution in [0.25, 0.3) is 0 Å². The fourth-order valence-corrected chi connectivity index (χ4v) is 3.62. The number of epoxide rings is 1. The lowest BCUT2D eigenvalue weighted by molar-refractivity contribution is -0.167. The second-order valence-electron chi connectivity index (χ2n) is 7.19. The first-order valence-electron chi connectivity index (χ1n) is 7.71. The normalized spacial score (nSPS) is 35.9. The molecule has 21 heavy (non-hydrogen) atoms. The summed E-state index contributed by atoms with van der Waals surface area (Å²) in [5.41, 5.74) is 0.501. The van der Waals surface area contributed by atoms with Crippen LogP contribution in [0.2, 0.25) is 0 Å². The molecule has 2 aliphatic rings. The fourth-order valence-electron chi connectivity index (χ4n) is 3.62. The number of carbonyl (C=O) groups excluding carboxylic acids is 1. The van der Waals surface area contributed by atoms with Crippen molar-refractivity contribution in [1.82, 2.24) is 0 Å². The molecular formula is C17H28O4. The second kappa shape index (κ2) is 5.82. The third-order valence-electron chi connectivity index (χ3n) is 4.75. The molecule has 1 saturated carbocycles. The highest BCUT2D eigenvalue weighted by molar-refractivity contribution is 5.87. The van der Waals surface area contributed by atoms with Gasteiger partial charge in [-0.05, 0) is 34.1 Å². The Hall–Kier alpha value is -0.710. The zero-order chi connectivity index (χ0) is 15.8. The van der Waals surface area contributed by atoms with Gasteiger partial charge in [0.1, 0.15) is 11.7 Å². The standard InChI is InChI=1S/C17H28O4/c1-11(2)7-8-20-16(4,5)15-14(19-6)13(18)12(3)9-17(15)10-21-17/h7,12,14-15H,8-10H2,1-6H3/t12?,14-,15-,17+/m1/s1. The molecule has 1 saturated heterocycles. The lowest BCUT2D eigenvalue weighted by Gasteiger charge is -2.45. The number of allylic oxidation sites excluding steroid dienone is 1. The molecule has 0 aromatic rings. The van der Waals surface area contributed by atoms with Crippen LogP contribution >= 0.6 is 0 Å². The third-order valence-corrected chi connectivity index (χ3v) is 4.75. The molecule has 4 nitrogen and oxygen atoms in total. The number of methoxy groups -OCH3 is 1. The zero-order valence-corrected chi connectivity index (χ0v) is 14.1. The summed E-state index contributed by atoms with van der Waals surface area (Å²) in [6, 6.07) is 0. The van der Waals surface area contributed by atoms with Crippen LogP contribution in [0.4, 0.5) is 0 Å². The van der Waals surface area contributed by atoms with Gasteiger partial charge in [-0.3, -0.25) is 4.79 Å². The summed E-state index contributed by atoms with van der Waals surface area (Å²) in [4.78, 5) is 12.5. The highest BCUT2D eigenvalue weighted by Crippen LogP contribution is 2.52. The van der Waals surface area contributed by atoms with E-state index in [1.54, 1.807) is 7.11 Å². The Morgan fingerprint density at radius 2 is 2.10 bits per heavy atom. The van der Waals surface area contributed by atoms with Crippen LogP contribution in [0, 0.1) is 11.8 Å². The summed E-state index contributed by atoms with van der Waals surface area (Å²) in [6.45, 7) is 11.4. The minimum absolute atomic E-state index is 0.0118. The van der Waals surface area contributed by atoms with Gasteiger partial charge in [0.25, 0.3) is 0 Å². The number of Topliss-reactive ketones (excluding diaryl/α,β-unsaturated/α-hetero) is 1. The van der Waals surface area contributed by atoms with Crippen LogP contribution in [-0.2, 0) is 19.0 Å². The molecule has 0 amide bonds. The fraction of sp³-hybridized carbons (Fsp3) is 0.824. The van der Waals surface area contributed by atoms with Gasteiger partial charge in [-0.15, -0.1) is 0 Å². The molecule has 1 aliphatic heterocycles. The Morgan fingerprint density at radius 3 is 2.57 bits per heavy atom. The Morgan fingerprint density at radius 1 is 1.48 bits per heavy atom. The van der Waals surface area contributed by atoms with E-state index in [-0.39, 0.29) is 23.2 Å². The van der Waals surface area contributed by atoms with E-state index in [9.17, 15) is 4.79 Å². The van der Waals surface area contributed by atoms with E-state index in [2.05, 4.69) is 6.08 Å². The van der Waals surface area contributed by atoms with Gasteiger partial charge in [0.2, 0.25) is 0 Å². The van der Waals surface area contributed by atoms with E-state index in [4.69, 9.17) is 14.2 Å². The summed E-state index contributed by atoms with van der Waals surface area (Å²) < 4.78 is 17.4. The van der Waals surface area contributed by atoms with Crippen LogP contribution in [0.5, 0.6) is 0 Å². The lowest BCUT2D eigenvalue weighted by atomic mass is 9.65. The topological polar surface area (TPSA) is 48.1 Å². The van der Waals surface area contributed by atoms with Gasteiger partial charge >= 0.3 is 0 Å². The Balaban J connectivity index is 2.21. The van der Waals surface area contributed by atoms with Crippen molar-refractivity contribution in [3.8, 4) is 0 Å². The van der Waals surface area contributed by atoms with Crippen LogP contribution in [0.15, 0.2) is 11.6 Å². The first-order chi connectivity index (χ1) is 9.73. The van der Waals surface area contributed by atoms with E-state index >= 15 is 0 Å². The monoisotopic (exact) mass is 296 g/mol. The maximum atomic E-state index is 12.5. The molecule has 1 aliphatic carbocycles. The van der Waals surface area contributed by atoms with Crippen molar-refractivity contribution in [2.75, 3.05) is 20.3 Å². The Bertz CT molecular complexity index is 430. The molecule has 0 bridgehead atoms. The Kier molecular flexibility index (Phi) is 4.62. The molecule has 1 unspecified atom stereocenters. The van der Waals surface area contributed by atoms with Crippen molar-refractivity contribution < 1.29 is 19.0 Å². The lowest BCUT2D eigenvalue weighted by Crippen LogP contribution is -2.58. The van der Waals surface area contributed by atoms with Gasteiger partial charge in [-0.2, -0.15) is 0 Å². The number of rotatable bonds is 5. The summed E-state index contributed by atoms with van der Waals surface area (Å²) in [5.74, 6) is 0.0917. The van der Waals surface area contributed by atoms with Crippen molar-refractivity contribution in [3.63, 3.8) is 0 Å². The van der Waals surface area contributed by atoms with Gasteiger partial charge in [-0.1, -0.05) is 18.6 Å². The van der Waals surface area contributed by atoms with Crippen molar-refractivity contribution >= 4 is 5.78 Å². The molecule has 0 aromatic heterocycles. The maximum Gasteiger partial charge on any atom is 0.164 e. The highest BCUT2D eigenvalue weighted by Gasteiger charge is 2.65. The van der Waals surface area contributed by atoms with Crippen molar-refractivity contribution in [2.24, 2.45) is 11.8 Å². The SMILES string of the molecule is CO[C@@H]1C(=O)C(C)C[C@]2(CO2)[C@H]1C(C)(C)OCC=C(C)C. The molecule has 4 atom stereocenters. The molecule has 2 rings (SSSR count). The minimum atomic E-state index is -0.473. The number of ketones is 1. The molecule has 1 heterocycles. The average Bonchev–Trinajstić information content (AvgIpc) is 3.12. The van der Waals surface area contributed by atoms with Crippen LogP contribution < -0.4 is 0 Å². The maximum absolute atomic E-state index is 12.5. The first-order valence-corrected chi connectivity index (χ1v) is 7.71. The van der Waals surface area contributed by atoms with E-state index in [1.807, 2.05) is 34.6 Å². The smallest absolute Gasteiger partial charge is 0.164 e. The second-order valence-corrected chi connectivity index (χ2v) is 7.19. The molecule has 120 valence electrons.